The molecule has 24 heavy (non-hydrogen) atoms. The zero-order chi connectivity index (χ0) is 15.8. The van der Waals surface area contributed by atoms with Crippen molar-refractivity contribution in [3.05, 3.63) is 47.0 Å². The number of benzene rings is 1. The van der Waals surface area contributed by atoms with E-state index >= 15 is 0 Å². The number of nitrogens with zero attached hydrogens (tertiary/aromatic N) is 2. The Kier molecular flexibility index (Phi) is 2.71. The Hall–Kier alpha value is -1.57. The Morgan fingerprint density at radius 3 is 2.17 bits per heavy atom. The number of fused-ring (bicyclic) bond motifs is 4. The molecule has 0 unspecified atom stereocenters. The standard InChI is InChI=1S/C22H27N2/c1-23-13-24(22-17-8-6-16(7-9-17)21(22)23)18-10-11-19-14-2-4-15(5-3-14)20(19)12-18/h10-17H,2-9H2,1H3/q+1. The highest BCUT2D eigenvalue weighted by atomic mass is 15.1. The molecule has 8 rings (SSSR count). The van der Waals surface area contributed by atoms with Crippen molar-refractivity contribution in [1.82, 2.24) is 4.57 Å². The first-order valence-electron chi connectivity index (χ1n) is 10.0. The molecule has 0 spiro atoms. The van der Waals surface area contributed by atoms with Gasteiger partial charge in [-0.15, -0.1) is 0 Å². The minimum atomic E-state index is 0.790. The maximum absolute atomic E-state index is 2.55. The lowest BCUT2D eigenvalue weighted by Crippen LogP contribution is -2.36. The molecule has 1 heterocycles. The number of aryl methyl sites for hydroxylation is 1. The van der Waals surface area contributed by atoms with E-state index in [2.05, 4.69) is 40.7 Å². The van der Waals surface area contributed by atoms with Gasteiger partial charge in [-0.2, -0.15) is 4.57 Å². The van der Waals surface area contributed by atoms with E-state index in [9.17, 15) is 0 Å². The van der Waals surface area contributed by atoms with Gasteiger partial charge in [-0.3, -0.25) is 0 Å². The molecule has 6 aliphatic rings. The van der Waals surface area contributed by atoms with Gasteiger partial charge in [0.05, 0.1) is 7.05 Å². The normalized spacial score (nSPS) is 32.7. The summed E-state index contributed by atoms with van der Waals surface area (Å²) in [5.74, 6) is 3.29. The summed E-state index contributed by atoms with van der Waals surface area (Å²) in [6, 6.07) is 7.42. The minimum absolute atomic E-state index is 0.790. The summed E-state index contributed by atoms with van der Waals surface area (Å²) < 4.78 is 4.98. The predicted octanol–water partition coefficient (Wildman–Crippen LogP) is 4.81. The topological polar surface area (TPSA) is 8.81 Å². The van der Waals surface area contributed by atoms with Gasteiger partial charge in [0.1, 0.15) is 11.4 Å². The van der Waals surface area contributed by atoms with E-state index in [0.717, 1.165) is 23.7 Å². The third kappa shape index (κ3) is 1.70. The van der Waals surface area contributed by atoms with Gasteiger partial charge >= 0.3 is 0 Å². The van der Waals surface area contributed by atoms with Gasteiger partial charge in [0, 0.05) is 11.8 Å². The van der Waals surface area contributed by atoms with Crippen LogP contribution in [-0.4, -0.2) is 4.57 Å². The molecule has 0 amide bonds. The fraction of sp³-hybridized carbons (Fsp3) is 0.591. The van der Waals surface area contributed by atoms with Crippen molar-refractivity contribution in [2.75, 3.05) is 0 Å². The van der Waals surface area contributed by atoms with Crippen LogP contribution in [0.1, 0.15) is 97.6 Å². The molecule has 1 aromatic heterocycles. The second-order valence-corrected chi connectivity index (χ2v) is 8.78. The van der Waals surface area contributed by atoms with Gasteiger partial charge in [-0.1, -0.05) is 6.07 Å². The summed E-state index contributed by atoms with van der Waals surface area (Å²) in [5, 5.41) is 0. The summed E-state index contributed by atoms with van der Waals surface area (Å²) >= 11 is 0. The van der Waals surface area contributed by atoms with Crippen molar-refractivity contribution in [3.63, 3.8) is 0 Å². The Labute approximate surface area is 144 Å². The maximum atomic E-state index is 2.55. The largest absolute Gasteiger partial charge is 0.249 e. The fourth-order valence-corrected chi connectivity index (χ4v) is 6.50. The number of hydrogen-bond donors (Lipinski definition) is 0. The van der Waals surface area contributed by atoms with E-state index in [0.29, 0.717) is 0 Å². The molecule has 4 bridgehead atoms. The van der Waals surface area contributed by atoms with Crippen molar-refractivity contribution in [3.8, 4) is 5.69 Å². The molecule has 0 N–H and O–H groups in total. The molecule has 2 heteroatoms. The monoisotopic (exact) mass is 319 g/mol. The van der Waals surface area contributed by atoms with Gasteiger partial charge in [0.15, 0.2) is 5.69 Å². The average molecular weight is 319 g/mol. The number of rotatable bonds is 1. The second kappa shape index (κ2) is 4.74. The zero-order valence-electron chi connectivity index (χ0n) is 14.7. The Morgan fingerprint density at radius 1 is 0.792 bits per heavy atom. The van der Waals surface area contributed by atoms with E-state index in [1.54, 1.807) is 22.5 Å². The highest BCUT2D eigenvalue weighted by molar-refractivity contribution is 5.48. The van der Waals surface area contributed by atoms with Crippen LogP contribution in [0, 0.1) is 0 Å². The average Bonchev–Trinajstić information content (AvgIpc) is 3.03. The summed E-state index contributed by atoms with van der Waals surface area (Å²) in [6.07, 6.45) is 13.7. The van der Waals surface area contributed by atoms with Gasteiger partial charge < -0.3 is 0 Å². The van der Waals surface area contributed by atoms with E-state index in [1.165, 1.54) is 57.1 Å². The summed E-state index contributed by atoms with van der Waals surface area (Å²) in [5.41, 5.74) is 8.05. The number of imidazole rings is 1. The van der Waals surface area contributed by atoms with Crippen LogP contribution in [0.4, 0.5) is 0 Å². The molecule has 2 aromatic rings. The van der Waals surface area contributed by atoms with Crippen molar-refractivity contribution in [1.29, 1.82) is 0 Å². The molecule has 2 saturated carbocycles. The van der Waals surface area contributed by atoms with Crippen LogP contribution in [0.2, 0.25) is 0 Å². The first-order valence-corrected chi connectivity index (χ1v) is 10.0. The van der Waals surface area contributed by atoms with Gasteiger partial charge in [0.25, 0.3) is 0 Å². The highest BCUT2D eigenvalue weighted by Gasteiger charge is 2.43. The van der Waals surface area contributed by atoms with Gasteiger partial charge in [-0.25, -0.2) is 4.57 Å². The van der Waals surface area contributed by atoms with Crippen molar-refractivity contribution in [2.24, 2.45) is 7.05 Å². The van der Waals surface area contributed by atoms with Crippen molar-refractivity contribution >= 4 is 0 Å². The highest BCUT2D eigenvalue weighted by Crippen LogP contribution is 2.51. The number of hydrogen-bond acceptors (Lipinski definition) is 0. The molecule has 2 nitrogen and oxygen atoms in total. The molecule has 124 valence electrons. The fourth-order valence-electron chi connectivity index (χ4n) is 6.50. The first kappa shape index (κ1) is 13.7. The van der Waals surface area contributed by atoms with Crippen LogP contribution in [0.25, 0.3) is 5.69 Å². The predicted molar refractivity (Wildman–Crippen MR) is 94.8 cm³/mol. The van der Waals surface area contributed by atoms with E-state index < -0.39 is 0 Å². The molecule has 0 aliphatic heterocycles. The molecular weight excluding hydrogens is 292 g/mol. The minimum Gasteiger partial charge on any atom is -0.236 e. The van der Waals surface area contributed by atoms with Crippen LogP contribution in [0.5, 0.6) is 0 Å². The van der Waals surface area contributed by atoms with Crippen molar-refractivity contribution in [2.45, 2.75) is 75.0 Å². The zero-order valence-corrected chi connectivity index (χ0v) is 14.7. The molecule has 1 aromatic carbocycles. The molecular formula is C22H27N2+. The quantitative estimate of drug-likeness (QED) is 0.667. The van der Waals surface area contributed by atoms with Crippen LogP contribution in [0.15, 0.2) is 24.5 Å². The lowest BCUT2D eigenvalue weighted by Gasteiger charge is -2.38. The molecule has 0 radical (unpaired) electrons. The lowest BCUT2D eigenvalue weighted by molar-refractivity contribution is -0.680. The first-order chi connectivity index (χ1) is 11.8. The van der Waals surface area contributed by atoms with E-state index in [1.807, 2.05) is 0 Å². The molecule has 0 saturated heterocycles. The summed E-state index contributed by atoms with van der Waals surface area (Å²) in [7, 11) is 2.26. The Balaban J connectivity index is 1.52. The SMILES string of the molecule is C[n+]1cn(-c2ccc3c(c2)C2CCC3CC2)c2c1C1CCC2CC1. The number of aromatic nitrogens is 2. The van der Waals surface area contributed by atoms with Gasteiger partial charge in [-0.05, 0) is 86.5 Å². The maximum Gasteiger partial charge on any atom is 0.249 e. The molecule has 6 aliphatic carbocycles. The summed E-state index contributed by atoms with van der Waals surface area (Å²) in [4.78, 5) is 0. The summed E-state index contributed by atoms with van der Waals surface area (Å²) in [6.45, 7) is 0. The van der Waals surface area contributed by atoms with Crippen molar-refractivity contribution < 1.29 is 4.57 Å². The van der Waals surface area contributed by atoms with E-state index in [-0.39, 0.29) is 0 Å². The van der Waals surface area contributed by atoms with Crippen LogP contribution in [-0.2, 0) is 7.05 Å². The Morgan fingerprint density at radius 2 is 1.42 bits per heavy atom. The van der Waals surface area contributed by atoms with Crippen LogP contribution in [0.3, 0.4) is 0 Å². The third-order valence-corrected chi connectivity index (χ3v) is 7.65. The van der Waals surface area contributed by atoms with Crippen LogP contribution < -0.4 is 4.57 Å². The Bertz CT molecular complexity index is 815. The lowest BCUT2D eigenvalue weighted by atomic mass is 9.67. The van der Waals surface area contributed by atoms with E-state index in [4.69, 9.17) is 0 Å². The van der Waals surface area contributed by atoms with Crippen LogP contribution >= 0.6 is 0 Å². The second-order valence-electron chi connectivity index (χ2n) is 8.78. The third-order valence-electron chi connectivity index (χ3n) is 7.65. The smallest absolute Gasteiger partial charge is 0.236 e. The molecule has 2 fully saturated rings. The van der Waals surface area contributed by atoms with Gasteiger partial charge in [0.2, 0.25) is 6.33 Å². The molecule has 0 atom stereocenters.